The Morgan fingerprint density at radius 2 is 1.91 bits per heavy atom. The number of carbonyl (C=O) groups is 1. The van der Waals surface area contributed by atoms with E-state index in [2.05, 4.69) is 5.32 Å². The summed E-state index contributed by atoms with van der Waals surface area (Å²) in [5.41, 5.74) is 1.69. The molecule has 0 aliphatic heterocycles. The van der Waals surface area contributed by atoms with Crippen molar-refractivity contribution in [1.29, 1.82) is 0 Å². The normalized spacial score (nSPS) is 12.0. The maximum absolute atomic E-state index is 12.6. The molecule has 0 heterocycles. The Morgan fingerprint density at radius 3 is 2.48 bits per heavy atom. The van der Waals surface area contributed by atoms with E-state index in [1.807, 2.05) is 44.7 Å². The van der Waals surface area contributed by atoms with Crippen molar-refractivity contribution >= 4 is 15.7 Å². The number of likely N-dealkylation sites (N-methyl/N-ethyl adjacent to an activating group) is 1. The second-order valence-corrected chi connectivity index (χ2v) is 8.26. The lowest BCUT2D eigenvalue weighted by molar-refractivity contribution is -0.122. The maximum atomic E-state index is 12.6. The van der Waals surface area contributed by atoms with Crippen LogP contribution in [0.4, 0.5) is 0 Å². The Bertz CT molecular complexity index is 639. The lowest BCUT2D eigenvalue weighted by Crippen LogP contribution is -2.41. The SMILES string of the molecule is CCN(CCS(=O)(=O)c1cc(C)ccc1C)CC(=O)NC(C)C. The number of aryl methyl sites for hydroxylation is 2. The van der Waals surface area contributed by atoms with Crippen LogP contribution in [0.1, 0.15) is 31.9 Å². The molecule has 6 heteroatoms. The topological polar surface area (TPSA) is 66.5 Å². The zero-order valence-electron chi connectivity index (χ0n) is 14.7. The Morgan fingerprint density at radius 1 is 1.26 bits per heavy atom. The van der Waals surface area contributed by atoms with E-state index in [0.717, 1.165) is 11.1 Å². The summed E-state index contributed by atoms with van der Waals surface area (Å²) in [6, 6.07) is 5.53. The standard InChI is InChI=1S/C17H28N2O3S/c1-6-19(12-17(20)18-13(2)3)9-10-23(21,22)16-11-14(4)7-8-15(16)5/h7-8,11,13H,6,9-10,12H2,1-5H3,(H,18,20). The van der Waals surface area contributed by atoms with Crippen molar-refractivity contribution in [2.75, 3.05) is 25.4 Å². The Kier molecular flexibility index (Phi) is 7.22. The van der Waals surface area contributed by atoms with E-state index in [9.17, 15) is 13.2 Å². The molecule has 0 spiro atoms. The van der Waals surface area contributed by atoms with Gasteiger partial charge in [0.2, 0.25) is 5.91 Å². The quantitative estimate of drug-likeness (QED) is 0.785. The summed E-state index contributed by atoms with van der Waals surface area (Å²) in [5.74, 6) is -0.0638. The number of nitrogens with one attached hydrogen (secondary N) is 1. The molecule has 1 N–H and O–H groups in total. The van der Waals surface area contributed by atoms with Crippen LogP contribution >= 0.6 is 0 Å². The molecule has 0 radical (unpaired) electrons. The number of rotatable bonds is 8. The van der Waals surface area contributed by atoms with Crippen LogP contribution in [0.2, 0.25) is 0 Å². The molecule has 0 bridgehead atoms. The van der Waals surface area contributed by atoms with Crippen LogP contribution in [-0.2, 0) is 14.6 Å². The minimum Gasteiger partial charge on any atom is -0.353 e. The third kappa shape index (κ3) is 6.31. The zero-order chi connectivity index (χ0) is 17.6. The lowest BCUT2D eigenvalue weighted by atomic mass is 10.2. The van der Waals surface area contributed by atoms with Gasteiger partial charge >= 0.3 is 0 Å². The van der Waals surface area contributed by atoms with Crippen LogP contribution in [-0.4, -0.2) is 50.7 Å². The number of hydrogen-bond acceptors (Lipinski definition) is 4. The Balaban J connectivity index is 2.73. The second kappa shape index (κ2) is 8.45. The van der Waals surface area contributed by atoms with Crippen LogP contribution in [0.3, 0.4) is 0 Å². The highest BCUT2D eigenvalue weighted by atomic mass is 32.2. The van der Waals surface area contributed by atoms with Gasteiger partial charge in [0, 0.05) is 12.6 Å². The van der Waals surface area contributed by atoms with Gasteiger partial charge in [-0.05, 0) is 51.4 Å². The first-order valence-corrected chi connectivity index (χ1v) is 9.62. The lowest BCUT2D eigenvalue weighted by Gasteiger charge is -2.21. The van der Waals surface area contributed by atoms with Crippen molar-refractivity contribution in [2.24, 2.45) is 0 Å². The first kappa shape index (κ1) is 19.6. The third-order valence-corrected chi connectivity index (χ3v) is 5.45. The summed E-state index contributed by atoms with van der Waals surface area (Å²) in [5, 5.41) is 2.82. The first-order valence-electron chi connectivity index (χ1n) is 7.97. The van der Waals surface area contributed by atoms with E-state index in [-0.39, 0.29) is 24.2 Å². The van der Waals surface area contributed by atoms with Gasteiger partial charge in [0.05, 0.1) is 17.2 Å². The predicted molar refractivity (Wildman–Crippen MR) is 93.4 cm³/mol. The molecule has 1 rings (SSSR count). The van der Waals surface area contributed by atoms with E-state index in [0.29, 0.717) is 18.0 Å². The molecule has 1 aromatic rings. The van der Waals surface area contributed by atoms with Gasteiger partial charge in [0.15, 0.2) is 9.84 Å². The number of benzene rings is 1. The Labute approximate surface area is 140 Å². The molecule has 0 aromatic heterocycles. The van der Waals surface area contributed by atoms with Crippen molar-refractivity contribution in [3.8, 4) is 0 Å². The molecule has 0 saturated carbocycles. The fourth-order valence-electron chi connectivity index (χ4n) is 2.32. The molecule has 0 unspecified atom stereocenters. The number of amides is 1. The van der Waals surface area contributed by atoms with E-state index in [1.165, 1.54) is 0 Å². The summed E-state index contributed by atoms with van der Waals surface area (Å²) in [7, 11) is -3.35. The van der Waals surface area contributed by atoms with Crippen LogP contribution in [0, 0.1) is 13.8 Å². The van der Waals surface area contributed by atoms with Gasteiger partial charge < -0.3 is 5.32 Å². The average Bonchev–Trinajstić information content (AvgIpc) is 2.45. The van der Waals surface area contributed by atoms with Gasteiger partial charge in [0.1, 0.15) is 0 Å². The van der Waals surface area contributed by atoms with Gasteiger partial charge in [-0.3, -0.25) is 9.69 Å². The molecule has 0 fully saturated rings. The molecule has 23 heavy (non-hydrogen) atoms. The number of sulfone groups is 1. The highest BCUT2D eigenvalue weighted by molar-refractivity contribution is 7.91. The molecule has 0 aliphatic carbocycles. The summed E-state index contributed by atoms with van der Waals surface area (Å²) >= 11 is 0. The molecular formula is C17H28N2O3S. The number of nitrogens with zero attached hydrogens (tertiary/aromatic N) is 1. The van der Waals surface area contributed by atoms with Crippen LogP contribution < -0.4 is 5.32 Å². The largest absolute Gasteiger partial charge is 0.353 e. The highest BCUT2D eigenvalue weighted by Gasteiger charge is 2.19. The summed E-state index contributed by atoms with van der Waals surface area (Å²) in [6.45, 7) is 10.6. The summed E-state index contributed by atoms with van der Waals surface area (Å²) in [6.07, 6.45) is 0. The zero-order valence-corrected chi connectivity index (χ0v) is 15.5. The van der Waals surface area contributed by atoms with Gasteiger partial charge in [-0.25, -0.2) is 8.42 Å². The smallest absolute Gasteiger partial charge is 0.234 e. The van der Waals surface area contributed by atoms with Crippen molar-refractivity contribution in [3.05, 3.63) is 29.3 Å². The molecule has 1 aromatic carbocycles. The van der Waals surface area contributed by atoms with Crippen molar-refractivity contribution in [2.45, 2.75) is 45.6 Å². The van der Waals surface area contributed by atoms with Crippen LogP contribution in [0.25, 0.3) is 0 Å². The van der Waals surface area contributed by atoms with Gasteiger partial charge in [-0.1, -0.05) is 19.1 Å². The molecule has 5 nitrogen and oxygen atoms in total. The van der Waals surface area contributed by atoms with Gasteiger partial charge in [-0.15, -0.1) is 0 Å². The van der Waals surface area contributed by atoms with Crippen LogP contribution in [0.15, 0.2) is 23.1 Å². The fraction of sp³-hybridized carbons (Fsp3) is 0.588. The number of carbonyl (C=O) groups excluding carboxylic acids is 1. The van der Waals surface area contributed by atoms with Crippen molar-refractivity contribution < 1.29 is 13.2 Å². The monoisotopic (exact) mass is 340 g/mol. The van der Waals surface area contributed by atoms with Crippen LogP contribution in [0.5, 0.6) is 0 Å². The predicted octanol–water partition coefficient (Wildman–Crippen LogP) is 1.92. The molecule has 1 amide bonds. The average molecular weight is 340 g/mol. The van der Waals surface area contributed by atoms with Gasteiger partial charge in [0.25, 0.3) is 0 Å². The summed E-state index contributed by atoms with van der Waals surface area (Å²) < 4.78 is 25.1. The Hall–Kier alpha value is -1.40. The van der Waals surface area contributed by atoms with E-state index < -0.39 is 9.84 Å². The van der Waals surface area contributed by atoms with Crippen molar-refractivity contribution in [1.82, 2.24) is 10.2 Å². The van der Waals surface area contributed by atoms with E-state index >= 15 is 0 Å². The minimum atomic E-state index is -3.35. The first-order chi connectivity index (χ1) is 10.7. The molecule has 130 valence electrons. The fourth-order valence-corrected chi connectivity index (χ4v) is 3.96. The van der Waals surface area contributed by atoms with E-state index in [4.69, 9.17) is 0 Å². The highest BCUT2D eigenvalue weighted by Crippen LogP contribution is 2.18. The third-order valence-electron chi connectivity index (χ3n) is 3.62. The number of hydrogen-bond donors (Lipinski definition) is 1. The van der Waals surface area contributed by atoms with E-state index in [1.54, 1.807) is 13.0 Å². The maximum Gasteiger partial charge on any atom is 0.234 e. The molecule has 0 saturated heterocycles. The minimum absolute atomic E-state index is 0.0140. The molecule has 0 atom stereocenters. The molecular weight excluding hydrogens is 312 g/mol. The summed E-state index contributed by atoms with van der Waals surface area (Å²) in [4.78, 5) is 14.1. The molecule has 0 aliphatic rings. The second-order valence-electron chi connectivity index (χ2n) is 6.18. The van der Waals surface area contributed by atoms with Crippen molar-refractivity contribution in [3.63, 3.8) is 0 Å². The van der Waals surface area contributed by atoms with Gasteiger partial charge in [-0.2, -0.15) is 0 Å².